The number of hydrogen-bond acceptors (Lipinski definition) is 3. The Morgan fingerprint density at radius 2 is 1.79 bits per heavy atom. The van der Waals surface area contributed by atoms with Crippen LogP contribution in [-0.2, 0) is 4.79 Å². The number of fused-ring (bicyclic) bond motifs is 5. The molecule has 0 aliphatic heterocycles. The van der Waals surface area contributed by atoms with E-state index in [1.807, 2.05) is 0 Å². The number of hydrogen-bond donors (Lipinski definition) is 3. The van der Waals surface area contributed by atoms with Crippen LogP contribution in [0, 0.1) is 52.3 Å². The SMILES string of the molecule is CC1CC[C@@]2(C)C(C1)C[C@@H](O)C1C2C[C@H](O)[C@]2(C)C(C(C)CCC(=O)O)CCC12. The van der Waals surface area contributed by atoms with Gasteiger partial charge in [0.05, 0.1) is 12.2 Å². The lowest BCUT2D eigenvalue weighted by Gasteiger charge is -2.63. The summed E-state index contributed by atoms with van der Waals surface area (Å²) in [5.74, 6) is 2.35. The molecule has 0 bridgehead atoms. The van der Waals surface area contributed by atoms with Gasteiger partial charge in [-0.05, 0) is 97.2 Å². The first-order valence-electron chi connectivity index (χ1n) is 12.2. The lowest BCUT2D eigenvalue weighted by molar-refractivity contribution is -0.203. The van der Waals surface area contributed by atoms with Crippen molar-refractivity contribution in [2.75, 3.05) is 0 Å². The van der Waals surface area contributed by atoms with Crippen LogP contribution in [0.2, 0.25) is 0 Å². The fourth-order valence-electron chi connectivity index (χ4n) is 8.92. The van der Waals surface area contributed by atoms with Gasteiger partial charge >= 0.3 is 5.97 Å². The first kappa shape index (κ1) is 21.6. The number of aliphatic hydroxyl groups is 2. The van der Waals surface area contributed by atoms with Crippen LogP contribution in [0.5, 0.6) is 0 Å². The molecule has 4 nitrogen and oxygen atoms in total. The van der Waals surface area contributed by atoms with E-state index in [2.05, 4.69) is 27.7 Å². The zero-order chi connectivity index (χ0) is 21.1. The van der Waals surface area contributed by atoms with Gasteiger partial charge in [0.15, 0.2) is 0 Å². The Bertz CT molecular complexity index is 634. The number of carbonyl (C=O) groups is 1. The van der Waals surface area contributed by atoms with E-state index >= 15 is 0 Å². The van der Waals surface area contributed by atoms with Gasteiger partial charge in [0.2, 0.25) is 0 Å². The predicted octanol–water partition coefficient (Wildman–Crippen LogP) is 4.72. The molecule has 4 rings (SSSR count). The molecule has 4 aliphatic carbocycles. The molecule has 3 N–H and O–H groups in total. The zero-order valence-corrected chi connectivity index (χ0v) is 18.8. The lowest BCUT2D eigenvalue weighted by Crippen LogP contribution is -2.62. The van der Waals surface area contributed by atoms with Crippen LogP contribution in [0.3, 0.4) is 0 Å². The van der Waals surface area contributed by atoms with Crippen LogP contribution in [0.4, 0.5) is 0 Å². The van der Waals surface area contributed by atoms with E-state index in [4.69, 9.17) is 5.11 Å². The third-order valence-electron chi connectivity index (χ3n) is 10.6. The fourth-order valence-corrected chi connectivity index (χ4v) is 8.92. The van der Waals surface area contributed by atoms with Crippen LogP contribution in [0.1, 0.15) is 85.5 Å². The van der Waals surface area contributed by atoms with Crippen molar-refractivity contribution >= 4 is 5.97 Å². The maximum Gasteiger partial charge on any atom is 0.303 e. The number of aliphatic hydroxyl groups excluding tert-OH is 2. The third-order valence-corrected chi connectivity index (χ3v) is 10.6. The summed E-state index contributed by atoms with van der Waals surface area (Å²) in [4.78, 5) is 11.1. The Kier molecular flexibility index (Phi) is 5.60. The molecule has 4 heteroatoms. The maximum atomic E-state index is 11.5. The van der Waals surface area contributed by atoms with Crippen LogP contribution >= 0.6 is 0 Å². The largest absolute Gasteiger partial charge is 0.481 e. The van der Waals surface area contributed by atoms with E-state index in [9.17, 15) is 15.0 Å². The number of aliphatic carboxylic acids is 1. The molecule has 11 atom stereocenters. The summed E-state index contributed by atoms with van der Waals surface area (Å²) in [7, 11) is 0. The summed E-state index contributed by atoms with van der Waals surface area (Å²) in [5, 5.41) is 32.0. The van der Waals surface area contributed by atoms with E-state index < -0.39 is 5.97 Å². The van der Waals surface area contributed by atoms with Gasteiger partial charge in [0.1, 0.15) is 0 Å². The standard InChI is InChI=1S/C25H42O4/c1-14-9-10-24(3)16(11-14)12-20(26)23-18-7-6-17(15(2)5-8-22(28)29)25(18,4)21(27)13-19(23)24/h14-21,23,26-27H,5-13H2,1-4H3,(H,28,29)/t14?,15?,16?,17?,18?,19?,20-,21+,23?,24+,25-/m1/s1. The van der Waals surface area contributed by atoms with Gasteiger partial charge in [-0.3, -0.25) is 4.79 Å². The van der Waals surface area contributed by atoms with Crippen molar-refractivity contribution in [2.45, 2.75) is 97.7 Å². The minimum Gasteiger partial charge on any atom is -0.481 e. The molecule has 0 aromatic carbocycles. The molecule has 4 aliphatic rings. The molecule has 0 radical (unpaired) electrons. The van der Waals surface area contributed by atoms with Crippen molar-refractivity contribution in [3.05, 3.63) is 0 Å². The molecule has 166 valence electrons. The van der Waals surface area contributed by atoms with Crippen LogP contribution in [-0.4, -0.2) is 33.5 Å². The van der Waals surface area contributed by atoms with Crippen LogP contribution in [0.15, 0.2) is 0 Å². The molecule has 4 saturated carbocycles. The fraction of sp³-hybridized carbons (Fsp3) is 0.960. The van der Waals surface area contributed by atoms with Crippen molar-refractivity contribution < 1.29 is 20.1 Å². The second-order valence-electron chi connectivity index (χ2n) is 11.9. The molecule has 0 aromatic heterocycles. The Hall–Kier alpha value is -0.610. The molecule has 0 amide bonds. The second kappa shape index (κ2) is 7.51. The quantitative estimate of drug-likeness (QED) is 0.631. The highest BCUT2D eigenvalue weighted by Gasteiger charge is 2.65. The number of carboxylic acid groups (broad SMARTS) is 1. The van der Waals surface area contributed by atoms with E-state index in [0.29, 0.717) is 41.9 Å². The van der Waals surface area contributed by atoms with Gasteiger partial charge in [-0.2, -0.15) is 0 Å². The summed E-state index contributed by atoms with van der Waals surface area (Å²) in [6, 6.07) is 0. The number of carboxylic acids is 1. The normalized spacial score (nSPS) is 52.9. The molecule has 0 aromatic rings. The van der Waals surface area contributed by atoms with Gasteiger partial charge in [-0.25, -0.2) is 0 Å². The Labute approximate surface area is 176 Å². The van der Waals surface area contributed by atoms with E-state index in [1.165, 1.54) is 19.3 Å². The second-order valence-corrected chi connectivity index (χ2v) is 11.9. The first-order chi connectivity index (χ1) is 13.6. The van der Waals surface area contributed by atoms with E-state index in [1.54, 1.807) is 0 Å². The molecular weight excluding hydrogens is 364 g/mol. The van der Waals surface area contributed by atoms with Gasteiger partial charge in [0.25, 0.3) is 0 Å². The summed E-state index contributed by atoms with van der Waals surface area (Å²) in [5.41, 5.74) is 0.0664. The van der Waals surface area contributed by atoms with Crippen molar-refractivity contribution in [1.29, 1.82) is 0 Å². The molecular formula is C25H42O4. The third kappa shape index (κ3) is 3.28. The summed E-state index contributed by atoms with van der Waals surface area (Å²) in [6.07, 6.45) is 7.94. The average molecular weight is 407 g/mol. The van der Waals surface area contributed by atoms with Gasteiger partial charge in [-0.15, -0.1) is 0 Å². The highest BCUT2D eigenvalue weighted by atomic mass is 16.4. The minimum atomic E-state index is -0.728. The number of rotatable bonds is 4. The van der Waals surface area contributed by atoms with Gasteiger partial charge in [-0.1, -0.05) is 34.1 Å². The average Bonchev–Trinajstić information content (AvgIpc) is 3.01. The van der Waals surface area contributed by atoms with Crippen LogP contribution in [0.25, 0.3) is 0 Å². The van der Waals surface area contributed by atoms with Crippen molar-refractivity contribution in [1.82, 2.24) is 0 Å². The maximum absolute atomic E-state index is 11.5. The Balaban J connectivity index is 1.61. The molecule has 0 spiro atoms. The Morgan fingerprint density at radius 3 is 2.48 bits per heavy atom. The minimum absolute atomic E-state index is 0.189. The predicted molar refractivity (Wildman–Crippen MR) is 113 cm³/mol. The highest BCUT2D eigenvalue weighted by molar-refractivity contribution is 5.66. The summed E-state index contributed by atoms with van der Waals surface area (Å²) >= 11 is 0. The van der Waals surface area contributed by atoms with Crippen molar-refractivity contribution in [3.8, 4) is 0 Å². The van der Waals surface area contributed by atoms with Gasteiger partial charge in [0, 0.05) is 6.42 Å². The summed E-state index contributed by atoms with van der Waals surface area (Å²) in [6.45, 7) is 9.25. The summed E-state index contributed by atoms with van der Waals surface area (Å²) < 4.78 is 0. The van der Waals surface area contributed by atoms with E-state index in [-0.39, 0.29) is 29.5 Å². The van der Waals surface area contributed by atoms with Gasteiger partial charge < -0.3 is 15.3 Å². The van der Waals surface area contributed by atoms with Crippen LogP contribution < -0.4 is 0 Å². The topological polar surface area (TPSA) is 77.8 Å². The molecule has 0 saturated heterocycles. The highest BCUT2D eigenvalue weighted by Crippen LogP contribution is 2.68. The first-order valence-corrected chi connectivity index (χ1v) is 12.2. The molecule has 0 heterocycles. The lowest BCUT2D eigenvalue weighted by atomic mass is 9.42. The smallest absolute Gasteiger partial charge is 0.303 e. The van der Waals surface area contributed by atoms with E-state index in [0.717, 1.165) is 31.6 Å². The molecule has 29 heavy (non-hydrogen) atoms. The van der Waals surface area contributed by atoms with Crippen molar-refractivity contribution in [2.24, 2.45) is 52.3 Å². The molecule has 4 fully saturated rings. The Morgan fingerprint density at radius 1 is 1.07 bits per heavy atom. The molecule has 7 unspecified atom stereocenters. The van der Waals surface area contributed by atoms with Crippen molar-refractivity contribution in [3.63, 3.8) is 0 Å². The monoisotopic (exact) mass is 406 g/mol. The zero-order valence-electron chi connectivity index (χ0n) is 18.8.